The van der Waals surface area contributed by atoms with E-state index in [1.54, 1.807) is 0 Å². The fraction of sp³-hybridized carbons (Fsp3) is 0.968. The second kappa shape index (κ2) is 41.6. The van der Waals surface area contributed by atoms with E-state index in [9.17, 15) is 14.7 Å². The Kier molecular flexibility index (Phi) is 42.0. The third-order valence-electron chi connectivity index (χ3n) is 14.7. The molecule has 5 saturated heterocycles. The molecule has 0 atom stereocenters. The van der Waals surface area contributed by atoms with Crippen LogP contribution in [-0.4, -0.2) is 185 Å². The Morgan fingerprint density at radius 2 is 1.08 bits per heavy atom. The minimum Gasteiger partial charge on any atom is -0.390 e. The van der Waals surface area contributed by atoms with Crippen LogP contribution in [0.1, 0.15) is 203 Å². The van der Waals surface area contributed by atoms with Crippen molar-refractivity contribution in [2.75, 3.05) is 126 Å². The van der Waals surface area contributed by atoms with Gasteiger partial charge in [0, 0.05) is 77.0 Å². The van der Waals surface area contributed by atoms with Crippen LogP contribution in [0, 0.1) is 52.8 Å². The summed E-state index contributed by atoms with van der Waals surface area (Å²) in [6.07, 6.45) is 11.9. The number of carbonyl (C=O) groups is 2. The van der Waals surface area contributed by atoms with Gasteiger partial charge in [-0.25, -0.2) is 0 Å². The summed E-state index contributed by atoms with van der Waals surface area (Å²) < 4.78 is 15.7. The van der Waals surface area contributed by atoms with Crippen molar-refractivity contribution in [3.63, 3.8) is 0 Å². The molecule has 2 amide bonds. The summed E-state index contributed by atoms with van der Waals surface area (Å²) in [5.74, 6) is 7.04. The third-order valence-corrected chi connectivity index (χ3v) is 14.7. The van der Waals surface area contributed by atoms with Crippen molar-refractivity contribution in [1.29, 1.82) is 0 Å². The zero-order chi connectivity index (χ0) is 58.0. The maximum atomic E-state index is 11.5. The summed E-state index contributed by atoms with van der Waals surface area (Å²) in [4.78, 5) is 33.4. The number of piperazine rings is 1. The lowest BCUT2D eigenvalue weighted by Gasteiger charge is -2.34. The van der Waals surface area contributed by atoms with Gasteiger partial charge in [0.25, 0.3) is 0 Å². The molecule has 0 radical (unpaired) electrons. The van der Waals surface area contributed by atoms with E-state index in [1.807, 2.05) is 11.8 Å². The molecule has 0 aromatic heterocycles. The van der Waals surface area contributed by atoms with Crippen molar-refractivity contribution in [3.05, 3.63) is 0 Å². The number of nitrogens with one attached hydrogen (secondary N) is 1. The number of ether oxygens (including phenoxy) is 3. The average Bonchev–Trinajstić information content (AvgIpc) is 3.30. The zero-order valence-corrected chi connectivity index (χ0v) is 54.3. The highest BCUT2D eigenvalue weighted by atomic mass is 16.5. The molecule has 0 unspecified atom stereocenters. The third kappa shape index (κ3) is 46.1. The lowest BCUT2D eigenvalue weighted by atomic mass is 9.75. The molecule has 0 aromatic rings. The molecule has 0 aromatic carbocycles. The van der Waals surface area contributed by atoms with Crippen LogP contribution in [0.25, 0.3) is 0 Å². The van der Waals surface area contributed by atoms with E-state index >= 15 is 0 Å². The zero-order valence-electron chi connectivity index (χ0n) is 54.3. The molecule has 5 aliphatic heterocycles. The number of hydrogen-bond acceptors (Lipinski definition) is 10. The lowest BCUT2D eigenvalue weighted by Crippen LogP contribution is -2.50. The van der Waals surface area contributed by atoms with Crippen molar-refractivity contribution in [2.45, 2.75) is 220 Å². The second-order valence-electron chi connectivity index (χ2n) is 28.0. The topological polar surface area (TPSA) is 110 Å². The number of hydrogen-bond donors (Lipinski definition) is 2. The van der Waals surface area contributed by atoms with E-state index in [0.29, 0.717) is 49.1 Å². The number of morpholine rings is 2. The van der Waals surface area contributed by atoms with E-state index in [-0.39, 0.29) is 17.4 Å². The standard InChI is InChI=1S/C10H20O.C9H17NO2.C9H19N.C9H18O.C8H17NO.C7H14N2O.C6H15N.C5H12/c1-8(2)9-4-6-10(3,11)7-5-9;1-8(2)7-9(11)10-3-5-12-6-4-10;1-8(2)9-4-6-10(3)7-5-9;2*1-8(2)7-9-3-5-10-6-4-9;1-6(2)9-4-3-8-7(10)5-9;1-6(2,3)7(4)5;1-5(2,3)4/h8-9,11H,4-7H2,1-3H3;8H,3-7H2,1-2H3;8-9H,4-7H2,1-3H3;8-9H,3-7H2,1-2H3;8H,3-7H2,1-2H3;6H,3-5H2,1-2H3,(H,8,10);1-5H3;1-4H3. The van der Waals surface area contributed by atoms with Gasteiger partial charge in [0.15, 0.2) is 0 Å². The first-order chi connectivity index (χ1) is 34.6. The smallest absolute Gasteiger partial charge is 0.234 e. The predicted molar refractivity (Wildman–Crippen MR) is 323 cm³/mol. The lowest BCUT2D eigenvalue weighted by molar-refractivity contribution is -0.136. The summed E-state index contributed by atoms with van der Waals surface area (Å²) in [5.41, 5.74) is 0.478. The summed E-state index contributed by atoms with van der Waals surface area (Å²) in [6, 6.07) is 0.492. The van der Waals surface area contributed by atoms with E-state index in [4.69, 9.17) is 14.2 Å². The summed E-state index contributed by atoms with van der Waals surface area (Å²) in [6.45, 7) is 59.2. The monoisotopic (exact) mass is 1070 g/mol. The molecule has 2 N–H and O–H groups in total. The summed E-state index contributed by atoms with van der Waals surface area (Å²) >= 11 is 0. The Labute approximate surface area is 467 Å². The molecule has 0 bridgehead atoms. The molecule has 12 heteroatoms. The molecule has 6 rings (SSSR count). The van der Waals surface area contributed by atoms with E-state index in [1.165, 1.54) is 64.6 Å². The van der Waals surface area contributed by atoms with Crippen LogP contribution in [-0.2, 0) is 23.8 Å². The summed E-state index contributed by atoms with van der Waals surface area (Å²) in [7, 11) is 6.39. The number of piperidine rings is 1. The van der Waals surface area contributed by atoms with Gasteiger partial charge in [0.2, 0.25) is 11.8 Å². The molecule has 1 saturated carbocycles. The molecule has 12 nitrogen and oxygen atoms in total. The fourth-order valence-corrected chi connectivity index (χ4v) is 8.96. The van der Waals surface area contributed by atoms with E-state index < -0.39 is 0 Å². The minimum atomic E-state index is -0.356. The molecular formula is C63H132N6O6. The number of aliphatic hydroxyl groups is 1. The number of nitrogens with zero attached hydrogens (tertiary/aromatic N) is 5. The molecular weight excluding hydrogens is 937 g/mol. The minimum absolute atomic E-state index is 0.153. The van der Waals surface area contributed by atoms with E-state index in [0.717, 1.165) is 120 Å². The van der Waals surface area contributed by atoms with Gasteiger partial charge in [0.05, 0.1) is 38.6 Å². The van der Waals surface area contributed by atoms with Crippen molar-refractivity contribution >= 4 is 11.8 Å². The highest BCUT2D eigenvalue weighted by molar-refractivity contribution is 5.78. The van der Waals surface area contributed by atoms with Gasteiger partial charge in [-0.05, 0) is 186 Å². The van der Waals surface area contributed by atoms with Crippen molar-refractivity contribution in [3.8, 4) is 0 Å². The maximum absolute atomic E-state index is 11.5. The Morgan fingerprint density at radius 3 is 1.44 bits per heavy atom. The van der Waals surface area contributed by atoms with Crippen LogP contribution in [0.15, 0.2) is 0 Å². The molecule has 6 fully saturated rings. The molecule has 5 heterocycles. The Hall–Kier alpha value is -1.38. The quantitative estimate of drug-likeness (QED) is 0.232. The van der Waals surface area contributed by atoms with Gasteiger partial charge in [0.1, 0.15) is 0 Å². The number of amides is 2. The summed E-state index contributed by atoms with van der Waals surface area (Å²) in [5, 5.41) is 12.5. The Balaban J connectivity index is 0. The highest BCUT2D eigenvalue weighted by Gasteiger charge is 2.30. The molecule has 0 spiro atoms. The normalized spacial score (nSPS) is 22.6. The Bertz CT molecular complexity index is 1310. The van der Waals surface area contributed by atoms with Gasteiger partial charge in [-0.3, -0.25) is 19.4 Å². The van der Waals surface area contributed by atoms with Crippen molar-refractivity contribution in [1.82, 2.24) is 29.8 Å². The maximum Gasteiger partial charge on any atom is 0.234 e. The molecule has 1 aliphatic carbocycles. The predicted octanol–water partition coefficient (Wildman–Crippen LogP) is 12.1. The van der Waals surface area contributed by atoms with E-state index in [2.05, 4.69) is 178 Å². The van der Waals surface area contributed by atoms with Crippen molar-refractivity contribution in [2.24, 2.45) is 52.8 Å². The average molecular weight is 1070 g/mol. The molecule has 450 valence electrons. The fourth-order valence-electron chi connectivity index (χ4n) is 8.96. The second-order valence-corrected chi connectivity index (χ2v) is 28.0. The largest absolute Gasteiger partial charge is 0.390 e. The first-order valence-corrected chi connectivity index (χ1v) is 30.5. The first kappa shape index (κ1) is 75.7. The molecule has 6 aliphatic rings. The van der Waals surface area contributed by atoms with Crippen LogP contribution in [0.4, 0.5) is 0 Å². The number of rotatable bonds is 9. The van der Waals surface area contributed by atoms with Crippen LogP contribution in [0.5, 0.6) is 0 Å². The van der Waals surface area contributed by atoms with Crippen LogP contribution in [0.3, 0.4) is 0 Å². The highest BCUT2D eigenvalue weighted by Crippen LogP contribution is 2.35. The van der Waals surface area contributed by atoms with Gasteiger partial charge in [-0.15, -0.1) is 0 Å². The van der Waals surface area contributed by atoms with Gasteiger partial charge < -0.3 is 39.3 Å². The Morgan fingerprint density at radius 1 is 0.653 bits per heavy atom. The van der Waals surface area contributed by atoms with Crippen molar-refractivity contribution < 1.29 is 28.9 Å². The van der Waals surface area contributed by atoms with Crippen LogP contribution in [0.2, 0.25) is 0 Å². The number of carbonyl (C=O) groups excluding carboxylic acids is 2. The number of likely N-dealkylation sites (tertiary alicyclic amines) is 1. The van der Waals surface area contributed by atoms with Gasteiger partial charge in [-0.2, -0.15) is 0 Å². The van der Waals surface area contributed by atoms with Crippen LogP contribution < -0.4 is 5.32 Å². The van der Waals surface area contributed by atoms with Gasteiger partial charge >= 0.3 is 0 Å². The molecule has 75 heavy (non-hydrogen) atoms. The van der Waals surface area contributed by atoms with Crippen LogP contribution >= 0.6 is 0 Å². The first-order valence-electron chi connectivity index (χ1n) is 30.5. The van der Waals surface area contributed by atoms with Gasteiger partial charge in [-0.1, -0.05) is 96.9 Å². The SMILES string of the molecule is CC(C)(C)C.CC(C)C1CCC(C)(O)CC1.CC(C)C1CCN(C)CC1.CC(C)CC(=O)N1CCOCC1.CC(C)CC1CCOCC1.CC(C)CN1CCOCC1.CC(C)N1CCNC(=O)C1.CN(C)C(C)(C)C.